The van der Waals surface area contributed by atoms with Crippen LogP contribution in [0.2, 0.25) is 0 Å². The molecule has 1 aliphatic carbocycles. The van der Waals surface area contributed by atoms with Crippen molar-refractivity contribution in [3.63, 3.8) is 0 Å². The minimum atomic E-state index is 0.367. The lowest BCUT2D eigenvalue weighted by Gasteiger charge is -2.12. The predicted octanol–water partition coefficient (Wildman–Crippen LogP) is -0.0543. The number of nitrogens with one attached hydrogen (secondary N) is 3. The largest absolute Gasteiger partial charge is 0.325 e. The number of H-pyrrole nitrogens is 1. The van der Waals surface area contributed by atoms with Crippen LogP contribution in [0.1, 0.15) is 24.5 Å². The van der Waals surface area contributed by atoms with Gasteiger partial charge in [0.25, 0.3) is 0 Å². The minimum absolute atomic E-state index is 0.367. The van der Waals surface area contributed by atoms with Crippen LogP contribution in [0.15, 0.2) is 30.5 Å². The number of benzene rings is 1. The Balaban J connectivity index is 1.55. The number of aromatic amines is 1. The molecule has 1 aliphatic rings. The van der Waals surface area contributed by atoms with Gasteiger partial charge in [-0.1, -0.05) is 23.1 Å². The molecule has 25 heavy (non-hydrogen) atoms. The van der Waals surface area contributed by atoms with Gasteiger partial charge in [0.2, 0.25) is 5.95 Å². The fourth-order valence-electron chi connectivity index (χ4n) is 2.49. The first-order valence-electron chi connectivity index (χ1n) is 7.95. The van der Waals surface area contributed by atoms with Crippen molar-refractivity contribution in [2.24, 2.45) is 0 Å². The second kappa shape index (κ2) is 6.31. The first-order valence-corrected chi connectivity index (χ1v) is 7.95. The average Bonchev–Trinajstić information content (AvgIpc) is 3.33. The summed E-state index contributed by atoms with van der Waals surface area (Å²) in [5.41, 5.74) is 3.32. The Kier molecular flexibility index (Phi) is 3.99. The molecule has 1 fully saturated rings. The molecule has 116 valence electrons. The Labute approximate surface area is 149 Å². The van der Waals surface area contributed by atoms with Gasteiger partial charge < -0.3 is 10.6 Å². The summed E-state index contributed by atoms with van der Waals surface area (Å²) in [5, 5.41) is 13.5. The Morgan fingerprint density at radius 1 is 1.04 bits per heavy atom. The maximum absolute atomic E-state index is 5.96. The second-order valence-corrected chi connectivity index (χ2v) is 6.08. The topological polar surface area (TPSA) is 78.5 Å². The van der Waals surface area contributed by atoms with Crippen molar-refractivity contribution in [1.82, 2.24) is 20.2 Å². The maximum Gasteiger partial charge on any atom is 0.229 e. The standard InChI is InChI=1S/C16H13B3N6/c17-9-3-4-12(10(18)5-9)21-16-20-7-11(19)15(23-16)22-14-6-13(24-25-14)8-1-2-8/h3-8H,1-2H2,(H3,20,21,22,23,24,25). The van der Waals surface area contributed by atoms with Crippen molar-refractivity contribution < 1.29 is 0 Å². The summed E-state index contributed by atoms with van der Waals surface area (Å²) < 4.78 is 0. The SMILES string of the molecule is [B]c1ccc(Nc2ncc([B])c(Nc3cc(C4CC4)[nH]n3)n2)c([B])c1. The van der Waals surface area contributed by atoms with Crippen molar-refractivity contribution in [2.45, 2.75) is 18.8 Å². The summed E-state index contributed by atoms with van der Waals surface area (Å²) in [4.78, 5) is 8.58. The lowest BCUT2D eigenvalue weighted by atomic mass is 9.86. The highest BCUT2D eigenvalue weighted by atomic mass is 15.2. The molecular formula is C16H13B3N6. The molecule has 1 saturated carbocycles. The number of rotatable bonds is 5. The molecule has 0 saturated heterocycles. The molecular weight excluding hydrogens is 309 g/mol. The Hall–Kier alpha value is -2.70. The van der Waals surface area contributed by atoms with Gasteiger partial charge in [-0.3, -0.25) is 5.10 Å². The molecule has 4 rings (SSSR count). The van der Waals surface area contributed by atoms with Crippen molar-refractivity contribution in [3.8, 4) is 0 Å². The van der Waals surface area contributed by atoms with Crippen LogP contribution in [0.25, 0.3) is 0 Å². The van der Waals surface area contributed by atoms with Crippen LogP contribution in [0.4, 0.5) is 23.3 Å². The fourth-order valence-corrected chi connectivity index (χ4v) is 2.49. The van der Waals surface area contributed by atoms with E-state index in [1.165, 1.54) is 19.0 Å². The third kappa shape index (κ3) is 3.55. The van der Waals surface area contributed by atoms with E-state index in [2.05, 4.69) is 30.8 Å². The monoisotopic (exact) mass is 322 g/mol. The number of hydrogen-bond acceptors (Lipinski definition) is 5. The third-order valence-electron chi connectivity index (χ3n) is 4.00. The number of aromatic nitrogens is 4. The molecule has 6 nitrogen and oxygen atoms in total. The normalized spacial score (nSPS) is 13.6. The number of nitrogens with zero attached hydrogens (tertiary/aromatic N) is 3. The van der Waals surface area contributed by atoms with E-state index in [1.54, 1.807) is 18.2 Å². The van der Waals surface area contributed by atoms with E-state index in [9.17, 15) is 0 Å². The van der Waals surface area contributed by atoms with Crippen LogP contribution < -0.4 is 27.0 Å². The number of anilines is 4. The highest BCUT2D eigenvalue weighted by molar-refractivity contribution is 6.40. The molecule has 0 bridgehead atoms. The minimum Gasteiger partial charge on any atom is -0.325 e. The summed E-state index contributed by atoms with van der Waals surface area (Å²) in [7, 11) is 17.6. The van der Waals surface area contributed by atoms with Gasteiger partial charge in [0.1, 0.15) is 29.4 Å². The lowest BCUT2D eigenvalue weighted by molar-refractivity contribution is 0.966. The fraction of sp³-hybridized carbons (Fsp3) is 0.188. The van der Waals surface area contributed by atoms with E-state index in [4.69, 9.17) is 23.5 Å². The maximum atomic E-state index is 5.96. The van der Waals surface area contributed by atoms with Gasteiger partial charge in [-0.05, 0) is 24.4 Å². The zero-order chi connectivity index (χ0) is 17.4. The van der Waals surface area contributed by atoms with E-state index >= 15 is 0 Å². The van der Waals surface area contributed by atoms with Crippen LogP contribution in [0, 0.1) is 0 Å². The Morgan fingerprint density at radius 2 is 1.88 bits per heavy atom. The highest BCUT2D eigenvalue weighted by Gasteiger charge is 2.25. The Bertz CT molecular complexity index is 922. The Morgan fingerprint density at radius 3 is 2.64 bits per heavy atom. The molecule has 0 amide bonds. The van der Waals surface area contributed by atoms with Crippen molar-refractivity contribution in [1.29, 1.82) is 0 Å². The lowest BCUT2D eigenvalue weighted by Crippen LogP contribution is -2.19. The van der Waals surface area contributed by atoms with Crippen LogP contribution in [-0.2, 0) is 0 Å². The summed E-state index contributed by atoms with van der Waals surface area (Å²) in [5.74, 6) is 2.10. The van der Waals surface area contributed by atoms with Gasteiger partial charge in [0.05, 0.1) is 0 Å². The number of hydrogen-bond donors (Lipinski definition) is 3. The summed E-state index contributed by atoms with van der Waals surface area (Å²) in [6.07, 6.45) is 3.93. The highest BCUT2D eigenvalue weighted by Crippen LogP contribution is 2.39. The van der Waals surface area contributed by atoms with E-state index in [0.29, 0.717) is 45.6 Å². The van der Waals surface area contributed by atoms with Gasteiger partial charge in [-0.2, -0.15) is 10.1 Å². The van der Waals surface area contributed by atoms with Gasteiger partial charge >= 0.3 is 0 Å². The van der Waals surface area contributed by atoms with Gasteiger partial charge in [0, 0.05) is 29.6 Å². The molecule has 1 aromatic carbocycles. The van der Waals surface area contributed by atoms with E-state index in [-0.39, 0.29) is 0 Å². The molecule has 0 unspecified atom stereocenters. The third-order valence-corrected chi connectivity index (χ3v) is 4.00. The van der Waals surface area contributed by atoms with Crippen molar-refractivity contribution in [2.75, 3.05) is 10.6 Å². The summed E-state index contributed by atoms with van der Waals surface area (Å²) >= 11 is 0. The molecule has 3 N–H and O–H groups in total. The average molecular weight is 322 g/mol. The molecule has 2 aromatic heterocycles. The van der Waals surface area contributed by atoms with E-state index in [0.717, 1.165) is 5.69 Å². The summed E-state index contributed by atoms with van der Waals surface area (Å²) in [6.45, 7) is 0. The van der Waals surface area contributed by atoms with Gasteiger partial charge in [0.15, 0.2) is 5.82 Å². The second-order valence-electron chi connectivity index (χ2n) is 6.08. The summed E-state index contributed by atoms with van der Waals surface area (Å²) in [6, 6.07) is 7.16. The first kappa shape index (κ1) is 15.8. The van der Waals surface area contributed by atoms with Crippen molar-refractivity contribution in [3.05, 3.63) is 36.2 Å². The molecule has 9 heteroatoms. The van der Waals surface area contributed by atoms with Gasteiger partial charge in [-0.25, -0.2) is 4.98 Å². The molecule has 0 atom stereocenters. The van der Waals surface area contributed by atoms with E-state index in [1.807, 2.05) is 6.07 Å². The van der Waals surface area contributed by atoms with Crippen LogP contribution in [0.3, 0.4) is 0 Å². The zero-order valence-electron chi connectivity index (χ0n) is 13.5. The van der Waals surface area contributed by atoms with Crippen LogP contribution >= 0.6 is 0 Å². The quantitative estimate of drug-likeness (QED) is 0.574. The molecule has 2 heterocycles. The smallest absolute Gasteiger partial charge is 0.229 e. The van der Waals surface area contributed by atoms with Crippen molar-refractivity contribution >= 4 is 63.2 Å². The van der Waals surface area contributed by atoms with E-state index < -0.39 is 0 Å². The van der Waals surface area contributed by atoms with Crippen LogP contribution in [0.5, 0.6) is 0 Å². The first-order chi connectivity index (χ1) is 12.1. The molecule has 0 spiro atoms. The zero-order valence-corrected chi connectivity index (χ0v) is 13.5. The van der Waals surface area contributed by atoms with Crippen LogP contribution in [-0.4, -0.2) is 43.7 Å². The molecule has 6 radical (unpaired) electrons. The molecule has 3 aromatic rings. The predicted molar refractivity (Wildman–Crippen MR) is 102 cm³/mol. The van der Waals surface area contributed by atoms with Gasteiger partial charge in [-0.15, -0.1) is 0 Å². The molecule has 0 aliphatic heterocycles.